The predicted octanol–water partition coefficient (Wildman–Crippen LogP) is 0.901. The highest BCUT2D eigenvalue weighted by Gasteiger charge is 2.21. The Bertz CT molecular complexity index is 679. The number of pyridine rings is 1. The molecule has 2 aromatic rings. The van der Waals surface area contributed by atoms with Crippen molar-refractivity contribution in [3.8, 4) is 11.4 Å². The van der Waals surface area contributed by atoms with Crippen molar-refractivity contribution in [2.24, 2.45) is 0 Å². The van der Waals surface area contributed by atoms with Crippen molar-refractivity contribution in [3.63, 3.8) is 0 Å². The maximum absolute atomic E-state index is 10.6. The maximum Gasteiger partial charge on any atom is 0.303 e. The number of aryl methyl sites for hydroxylation is 1. The van der Waals surface area contributed by atoms with Crippen LogP contribution >= 0.6 is 0 Å². The van der Waals surface area contributed by atoms with Gasteiger partial charge in [0.15, 0.2) is 0 Å². The molecule has 2 aromatic heterocycles. The van der Waals surface area contributed by atoms with Gasteiger partial charge >= 0.3 is 5.97 Å². The summed E-state index contributed by atoms with van der Waals surface area (Å²) in [6.07, 6.45) is 1.95. The summed E-state index contributed by atoms with van der Waals surface area (Å²) in [5, 5.41) is 12.7. The smallest absolute Gasteiger partial charge is 0.303 e. The number of carboxylic acids is 1. The Morgan fingerprint density at radius 2 is 2.13 bits per heavy atom. The minimum atomic E-state index is -0.885. The lowest BCUT2D eigenvalue weighted by molar-refractivity contribution is -0.137. The van der Waals surface area contributed by atoms with Crippen LogP contribution in [0.1, 0.15) is 12.3 Å². The molecule has 8 nitrogen and oxygen atoms in total. The third-order valence-electron chi connectivity index (χ3n) is 3.85. The maximum atomic E-state index is 10.6. The van der Waals surface area contributed by atoms with Gasteiger partial charge in [0.25, 0.3) is 0 Å². The van der Waals surface area contributed by atoms with Gasteiger partial charge in [-0.2, -0.15) is 4.98 Å². The Morgan fingerprint density at radius 1 is 1.35 bits per heavy atom. The number of aliphatic carboxylic acids is 1. The number of nitrogens with zero attached hydrogens (tertiary/aromatic N) is 5. The Morgan fingerprint density at radius 3 is 2.87 bits per heavy atom. The molecular weight excluding hydrogens is 298 g/mol. The number of anilines is 1. The van der Waals surface area contributed by atoms with Crippen LogP contribution < -0.4 is 4.90 Å². The van der Waals surface area contributed by atoms with E-state index in [4.69, 9.17) is 9.63 Å². The zero-order chi connectivity index (χ0) is 16.2. The minimum absolute atomic E-state index is 0.0278. The largest absolute Gasteiger partial charge is 0.481 e. The Labute approximate surface area is 133 Å². The molecule has 0 spiro atoms. The first kappa shape index (κ1) is 15.4. The van der Waals surface area contributed by atoms with E-state index in [1.54, 1.807) is 6.20 Å². The van der Waals surface area contributed by atoms with E-state index in [-0.39, 0.29) is 12.8 Å². The van der Waals surface area contributed by atoms with E-state index >= 15 is 0 Å². The van der Waals surface area contributed by atoms with Crippen molar-refractivity contribution >= 4 is 11.8 Å². The summed E-state index contributed by atoms with van der Waals surface area (Å²) >= 11 is 0. The van der Waals surface area contributed by atoms with Crippen LogP contribution in [-0.2, 0) is 11.2 Å². The molecule has 0 aliphatic carbocycles. The summed E-state index contributed by atoms with van der Waals surface area (Å²) in [5.74, 6) is 0.735. The molecule has 0 aromatic carbocycles. The number of piperazine rings is 1. The van der Waals surface area contributed by atoms with Gasteiger partial charge in [-0.3, -0.25) is 4.79 Å². The van der Waals surface area contributed by atoms with E-state index in [0.29, 0.717) is 11.7 Å². The van der Waals surface area contributed by atoms with Crippen molar-refractivity contribution in [3.05, 3.63) is 24.2 Å². The fraction of sp³-hybridized carbons (Fsp3) is 0.467. The highest BCUT2D eigenvalue weighted by atomic mass is 16.5. The van der Waals surface area contributed by atoms with Gasteiger partial charge in [0, 0.05) is 38.8 Å². The Kier molecular flexibility index (Phi) is 4.52. The van der Waals surface area contributed by atoms with Gasteiger partial charge in [0.2, 0.25) is 11.7 Å². The highest BCUT2D eigenvalue weighted by molar-refractivity contribution is 5.71. The average Bonchev–Trinajstić information content (AvgIpc) is 3.02. The van der Waals surface area contributed by atoms with Gasteiger partial charge in [-0.25, -0.2) is 4.98 Å². The normalized spacial score (nSPS) is 15.8. The van der Waals surface area contributed by atoms with Crippen LogP contribution in [0.3, 0.4) is 0 Å². The summed E-state index contributed by atoms with van der Waals surface area (Å²) in [7, 11) is 2.10. The van der Waals surface area contributed by atoms with E-state index in [9.17, 15) is 4.79 Å². The number of hydrogen-bond donors (Lipinski definition) is 1. The van der Waals surface area contributed by atoms with Crippen LogP contribution in [0.4, 0.5) is 5.82 Å². The van der Waals surface area contributed by atoms with E-state index in [2.05, 4.69) is 32.0 Å². The zero-order valence-electron chi connectivity index (χ0n) is 13.0. The topological polar surface area (TPSA) is 95.6 Å². The monoisotopic (exact) mass is 317 g/mol. The van der Waals surface area contributed by atoms with Crippen LogP contribution in [0.5, 0.6) is 0 Å². The molecule has 1 fully saturated rings. The van der Waals surface area contributed by atoms with Crippen LogP contribution in [0.25, 0.3) is 11.4 Å². The molecule has 0 radical (unpaired) electrons. The molecule has 0 amide bonds. The Balaban J connectivity index is 1.81. The van der Waals surface area contributed by atoms with Gasteiger partial charge in [-0.05, 0) is 19.2 Å². The Hall–Kier alpha value is -2.48. The molecule has 0 atom stereocenters. The van der Waals surface area contributed by atoms with Crippen molar-refractivity contribution < 1.29 is 14.4 Å². The SMILES string of the molecule is CN1CCN(c2ncccc2-c2noc(CCC(=O)O)n2)CC1. The van der Waals surface area contributed by atoms with E-state index < -0.39 is 5.97 Å². The number of likely N-dealkylation sites (N-methyl/N-ethyl adjacent to an activating group) is 1. The molecule has 0 unspecified atom stereocenters. The molecule has 0 saturated carbocycles. The molecule has 0 bridgehead atoms. The third kappa shape index (κ3) is 3.65. The lowest BCUT2D eigenvalue weighted by Crippen LogP contribution is -2.45. The zero-order valence-corrected chi connectivity index (χ0v) is 13.0. The molecule has 122 valence electrons. The van der Waals surface area contributed by atoms with Gasteiger partial charge in [0.1, 0.15) is 5.82 Å². The van der Waals surface area contributed by atoms with Gasteiger partial charge in [-0.1, -0.05) is 5.16 Å². The molecular formula is C15H19N5O3. The molecule has 8 heteroatoms. The highest BCUT2D eigenvalue weighted by Crippen LogP contribution is 2.27. The first-order chi connectivity index (χ1) is 11.1. The van der Waals surface area contributed by atoms with Crippen molar-refractivity contribution in [2.75, 3.05) is 38.1 Å². The molecule has 1 aliphatic heterocycles. The predicted molar refractivity (Wildman–Crippen MR) is 83.2 cm³/mol. The second kappa shape index (κ2) is 6.74. The number of aromatic nitrogens is 3. The summed E-state index contributed by atoms with van der Waals surface area (Å²) in [4.78, 5) is 23.9. The van der Waals surface area contributed by atoms with Crippen LogP contribution in [-0.4, -0.2) is 64.3 Å². The number of carboxylic acid groups (broad SMARTS) is 1. The fourth-order valence-corrected chi connectivity index (χ4v) is 2.52. The summed E-state index contributed by atoms with van der Waals surface area (Å²) in [6.45, 7) is 3.74. The fourth-order valence-electron chi connectivity index (χ4n) is 2.52. The van der Waals surface area contributed by atoms with Gasteiger partial charge in [0.05, 0.1) is 12.0 Å². The summed E-state index contributed by atoms with van der Waals surface area (Å²) < 4.78 is 5.15. The molecule has 1 aliphatic rings. The van der Waals surface area contributed by atoms with E-state index in [0.717, 1.165) is 37.6 Å². The first-order valence-electron chi connectivity index (χ1n) is 7.57. The number of carbonyl (C=O) groups is 1. The van der Waals surface area contributed by atoms with Crippen LogP contribution in [0.15, 0.2) is 22.9 Å². The molecule has 3 heterocycles. The molecule has 3 rings (SSSR count). The standard InChI is InChI=1S/C15H19N5O3/c1-19-7-9-20(10-8-19)15-11(3-2-6-16-15)14-17-12(23-18-14)4-5-13(21)22/h2-3,6H,4-5,7-10H2,1H3,(H,21,22). The summed E-state index contributed by atoms with van der Waals surface area (Å²) in [5.41, 5.74) is 0.808. The van der Waals surface area contributed by atoms with Crippen molar-refractivity contribution in [2.45, 2.75) is 12.8 Å². The summed E-state index contributed by atoms with van der Waals surface area (Å²) in [6, 6.07) is 3.74. The first-order valence-corrected chi connectivity index (χ1v) is 7.57. The van der Waals surface area contributed by atoms with Crippen molar-refractivity contribution in [1.82, 2.24) is 20.0 Å². The van der Waals surface area contributed by atoms with Gasteiger partial charge < -0.3 is 19.4 Å². The minimum Gasteiger partial charge on any atom is -0.481 e. The lowest BCUT2D eigenvalue weighted by Gasteiger charge is -2.33. The number of hydrogen-bond acceptors (Lipinski definition) is 7. The second-order valence-electron chi connectivity index (χ2n) is 5.57. The quantitative estimate of drug-likeness (QED) is 0.869. The molecule has 23 heavy (non-hydrogen) atoms. The van der Waals surface area contributed by atoms with E-state index in [1.807, 2.05) is 12.1 Å². The lowest BCUT2D eigenvalue weighted by atomic mass is 10.2. The number of rotatable bonds is 5. The van der Waals surface area contributed by atoms with Crippen LogP contribution in [0, 0.1) is 0 Å². The average molecular weight is 317 g/mol. The van der Waals surface area contributed by atoms with Gasteiger partial charge in [-0.15, -0.1) is 0 Å². The molecule has 1 N–H and O–H groups in total. The third-order valence-corrected chi connectivity index (χ3v) is 3.85. The van der Waals surface area contributed by atoms with E-state index in [1.165, 1.54) is 0 Å². The van der Waals surface area contributed by atoms with Crippen molar-refractivity contribution in [1.29, 1.82) is 0 Å². The van der Waals surface area contributed by atoms with Crippen LogP contribution in [0.2, 0.25) is 0 Å². The molecule has 1 saturated heterocycles. The second-order valence-corrected chi connectivity index (χ2v) is 5.57.